The number of benzene rings is 1. The van der Waals surface area contributed by atoms with Gasteiger partial charge in [-0.2, -0.15) is 0 Å². The van der Waals surface area contributed by atoms with Crippen LogP contribution in [0.15, 0.2) is 36.4 Å². The maximum absolute atomic E-state index is 11.4. The molecule has 0 aromatic heterocycles. The molecule has 3 nitrogen and oxygen atoms in total. The lowest BCUT2D eigenvalue weighted by atomic mass is 10.1. The predicted octanol–water partition coefficient (Wildman–Crippen LogP) is 2.75. The van der Waals surface area contributed by atoms with Gasteiger partial charge in [-0.25, -0.2) is 4.79 Å². The van der Waals surface area contributed by atoms with Crippen molar-refractivity contribution in [2.24, 2.45) is 0 Å². The molecule has 0 aliphatic heterocycles. The average Bonchev–Trinajstić information content (AvgIpc) is 2.32. The maximum Gasteiger partial charge on any atom is 0.333 e. The zero-order valence-electron chi connectivity index (χ0n) is 10.4. The molecular weight excluding hydrogens is 216 g/mol. The van der Waals surface area contributed by atoms with E-state index in [1.807, 2.05) is 31.2 Å². The third kappa shape index (κ3) is 4.31. The second-order valence-electron chi connectivity index (χ2n) is 3.58. The fourth-order valence-electron chi connectivity index (χ4n) is 1.42. The van der Waals surface area contributed by atoms with Gasteiger partial charge in [-0.3, -0.25) is 0 Å². The van der Waals surface area contributed by atoms with Gasteiger partial charge in [0.2, 0.25) is 0 Å². The topological polar surface area (TPSA) is 35.5 Å². The summed E-state index contributed by atoms with van der Waals surface area (Å²) in [4.78, 5) is 11.4. The SMILES string of the molecule is C=C(Cc1ccc(OCC)cc1)C(=O)OCC. The van der Waals surface area contributed by atoms with Crippen LogP contribution >= 0.6 is 0 Å². The van der Waals surface area contributed by atoms with E-state index in [4.69, 9.17) is 9.47 Å². The van der Waals surface area contributed by atoms with Gasteiger partial charge in [-0.15, -0.1) is 0 Å². The van der Waals surface area contributed by atoms with Crippen molar-refractivity contribution in [2.75, 3.05) is 13.2 Å². The monoisotopic (exact) mass is 234 g/mol. The minimum atomic E-state index is -0.332. The molecule has 17 heavy (non-hydrogen) atoms. The third-order valence-electron chi connectivity index (χ3n) is 2.22. The summed E-state index contributed by atoms with van der Waals surface area (Å²) in [6, 6.07) is 7.62. The summed E-state index contributed by atoms with van der Waals surface area (Å²) >= 11 is 0. The van der Waals surface area contributed by atoms with Gasteiger partial charge in [0.15, 0.2) is 0 Å². The van der Waals surface area contributed by atoms with E-state index in [9.17, 15) is 4.79 Å². The Bertz CT molecular complexity index is 379. The van der Waals surface area contributed by atoms with E-state index in [0.717, 1.165) is 11.3 Å². The van der Waals surface area contributed by atoms with Crippen molar-refractivity contribution in [3.05, 3.63) is 42.0 Å². The molecule has 0 aliphatic rings. The minimum absolute atomic E-state index is 0.332. The number of esters is 1. The van der Waals surface area contributed by atoms with E-state index in [2.05, 4.69) is 6.58 Å². The summed E-state index contributed by atoms with van der Waals surface area (Å²) < 4.78 is 10.2. The standard InChI is InChI=1S/C14H18O3/c1-4-16-13-8-6-12(7-9-13)10-11(3)14(15)17-5-2/h6-9H,3-5,10H2,1-2H3. The number of hydrogen-bond donors (Lipinski definition) is 0. The Morgan fingerprint density at radius 3 is 2.35 bits per heavy atom. The highest BCUT2D eigenvalue weighted by molar-refractivity contribution is 5.88. The summed E-state index contributed by atoms with van der Waals surface area (Å²) in [7, 11) is 0. The Kier molecular flexibility index (Phi) is 5.27. The lowest BCUT2D eigenvalue weighted by Gasteiger charge is -2.07. The smallest absolute Gasteiger partial charge is 0.333 e. The van der Waals surface area contributed by atoms with Crippen molar-refractivity contribution in [3.8, 4) is 5.75 Å². The molecule has 0 saturated heterocycles. The fraction of sp³-hybridized carbons (Fsp3) is 0.357. The molecule has 0 fully saturated rings. The molecule has 1 aromatic rings. The van der Waals surface area contributed by atoms with E-state index in [1.165, 1.54) is 0 Å². The molecule has 1 aromatic carbocycles. The molecule has 0 unspecified atom stereocenters. The van der Waals surface area contributed by atoms with Crippen LogP contribution < -0.4 is 4.74 Å². The molecule has 0 radical (unpaired) electrons. The summed E-state index contributed by atoms with van der Waals surface area (Å²) in [6.45, 7) is 8.47. The Morgan fingerprint density at radius 1 is 1.18 bits per heavy atom. The quantitative estimate of drug-likeness (QED) is 0.561. The highest BCUT2D eigenvalue weighted by atomic mass is 16.5. The van der Waals surface area contributed by atoms with Crippen LogP contribution in [0, 0.1) is 0 Å². The van der Waals surface area contributed by atoms with Crippen LogP contribution in [0.25, 0.3) is 0 Å². The van der Waals surface area contributed by atoms with Crippen LogP contribution in [0.1, 0.15) is 19.4 Å². The van der Waals surface area contributed by atoms with Gasteiger partial charge in [0, 0.05) is 12.0 Å². The Morgan fingerprint density at radius 2 is 1.82 bits per heavy atom. The van der Waals surface area contributed by atoms with Crippen molar-refractivity contribution in [1.82, 2.24) is 0 Å². The van der Waals surface area contributed by atoms with Crippen LogP contribution in [0.3, 0.4) is 0 Å². The Labute approximate surface area is 102 Å². The van der Waals surface area contributed by atoms with Crippen molar-refractivity contribution in [2.45, 2.75) is 20.3 Å². The van der Waals surface area contributed by atoms with Crippen LogP contribution in [-0.2, 0) is 16.0 Å². The summed E-state index contributed by atoms with van der Waals surface area (Å²) in [6.07, 6.45) is 0.505. The number of rotatable bonds is 6. The Balaban J connectivity index is 2.57. The minimum Gasteiger partial charge on any atom is -0.494 e. The molecule has 0 amide bonds. The first-order chi connectivity index (χ1) is 8.17. The number of ether oxygens (including phenoxy) is 2. The first-order valence-corrected chi connectivity index (χ1v) is 5.74. The molecule has 0 heterocycles. The van der Waals surface area contributed by atoms with Gasteiger partial charge < -0.3 is 9.47 Å². The van der Waals surface area contributed by atoms with Crippen LogP contribution in [0.5, 0.6) is 5.75 Å². The summed E-state index contributed by atoms with van der Waals surface area (Å²) in [5, 5.41) is 0. The van der Waals surface area contributed by atoms with E-state index in [-0.39, 0.29) is 5.97 Å². The predicted molar refractivity (Wildman–Crippen MR) is 67.1 cm³/mol. The lowest BCUT2D eigenvalue weighted by molar-refractivity contribution is -0.138. The fourth-order valence-corrected chi connectivity index (χ4v) is 1.42. The van der Waals surface area contributed by atoms with Gasteiger partial charge in [0.05, 0.1) is 13.2 Å². The van der Waals surface area contributed by atoms with Gasteiger partial charge in [-0.1, -0.05) is 18.7 Å². The van der Waals surface area contributed by atoms with Crippen molar-refractivity contribution < 1.29 is 14.3 Å². The van der Waals surface area contributed by atoms with Gasteiger partial charge in [0.25, 0.3) is 0 Å². The second kappa shape index (κ2) is 6.74. The summed E-state index contributed by atoms with van der Waals surface area (Å²) in [5.74, 6) is 0.499. The second-order valence-corrected chi connectivity index (χ2v) is 3.58. The van der Waals surface area contributed by atoms with Gasteiger partial charge in [0.1, 0.15) is 5.75 Å². The number of hydrogen-bond acceptors (Lipinski definition) is 3. The van der Waals surface area contributed by atoms with Crippen LogP contribution in [0.2, 0.25) is 0 Å². The highest BCUT2D eigenvalue weighted by Crippen LogP contribution is 2.14. The van der Waals surface area contributed by atoms with E-state index >= 15 is 0 Å². The van der Waals surface area contributed by atoms with E-state index in [1.54, 1.807) is 6.92 Å². The third-order valence-corrected chi connectivity index (χ3v) is 2.22. The lowest BCUT2D eigenvalue weighted by Crippen LogP contribution is -2.08. The molecule has 92 valence electrons. The van der Waals surface area contributed by atoms with Crippen LogP contribution in [0.4, 0.5) is 0 Å². The average molecular weight is 234 g/mol. The van der Waals surface area contributed by atoms with Crippen molar-refractivity contribution in [3.63, 3.8) is 0 Å². The first-order valence-electron chi connectivity index (χ1n) is 5.74. The molecule has 0 aliphatic carbocycles. The van der Waals surface area contributed by atoms with Crippen molar-refractivity contribution >= 4 is 5.97 Å². The molecule has 3 heteroatoms. The number of carbonyl (C=O) groups excluding carboxylic acids is 1. The normalized spacial score (nSPS) is 9.76. The molecule has 0 N–H and O–H groups in total. The molecule has 0 saturated carbocycles. The zero-order valence-corrected chi connectivity index (χ0v) is 10.4. The largest absolute Gasteiger partial charge is 0.494 e. The Hall–Kier alpha value is -1.77. The first kappa shape index (κ1) is 13.3. The van der Waals surface area contributed by atoms with E-state index < -0.39 is 0 Å². The van der Waals surface area contributed by atoms with Gasteiger partial charge in [-0.05, 0) is 31.5 Å². The highest BCUT2D eigenvalue weighted by Gasteiger charge is 2.08. The molecular formula is C14H18O3. The van der Waals surface area contributed by atoms with Gasteiger partial charge >= 0.3 is 5.97 Å². The molecule has 1 rings (SSSR count). The molecule has 0 bridgehead atoms. The number of carbonyl (C=O) groups is 1. The molecule has 0 atom stereocenters. The summed E-state index contributed by atoms with van der Waals surface area (Å²) in [5.41, 5.74) is 1.49. The maximum atomic E-state index is 11.4. The van der Waals surface area contributed by atoms with Crippen molar-refractivity contribution in [1.29, 1.82) is 0 Å². The molecule has 0 spiro atoms. The van der Waals surface area contributed by atoms with Crippen LogP contribution in [-0.4, -0.2) is 19.2 Å². The zero-order chi connectivity index (χ0) is 12.7. The van der Waals surface area contributed by atoms with E-state index in [0.29, 0.717) is 25.2 Å².